The van der Waals surface area contributed by atoms with Crippen LogP contribution in [0.5, 0.6) is 0 Å². The summed E-state index contributed by atoms with van der Waals surface area (Å²) in [5.41, 5.74) is 5.18. The van der Waals surface area contributed by atoms with Crippen LogP contribution >= 0.6 is 11.3 Å². The average Bonchev–Trinajstić information content (AvgIpc) is 3.36. The number of imide groups is 1. The van der Waals surface area contributed by atoms with E-state index in [0.717, 1.165) is 64.9 Å². The highest BCUT2D eigenvalue weighted by molar-refractivity contribution is 7.21. The molecule has 6 rings (SSSR count). The largest absolute Gasteiger partial charge is 0.323 e. The molecule has 0 N–H and O–H groups in total. The number of anilines is 1. The molecule has 0 bridgehead atoms. The van der Waals surface area contributed by atoms with E-state index < -0.39 is 6.04 Å². The van der Waals surface area contributed by atoms with Crippen LogP contribution in [-0.4, -0.2) is 39.7 Å². The smallest absolute Gasteiger partial charge is 0.257 e. The fourth-order valence-electron chi connectivity index (χ4n) is 6.04. The summed E-state index contributed by atoms with van der Waals surface area (Å²) in [5.74, 6) is -0.752. The van der Waals surface area contributed by atoms with E-state index in [0.29, 0.717) is 11.3 Å². The van der Waals surface area contributed by atoms with Gasteiger partial charge in [-0.25, -0.2) is 9.88 Å². The molecule has 1 saturated heterocycles. The van der Waals surface area contributed by atoms with Gasteiger partial charge in [0.2, 0.25) is 5.91 Å². The van der Waals surface area contributed by atoms with Crippen LogP contribution in [0.3, 0.4) is 0 Å². The first-order chi connectivity index (χ1) is 19.4. The number of benzene rings is 3. The Morgan fingerprint density at radius 3 is 2.35 bits per heavy atom. The molecule has 1 atom stereocenters. The quantitative estimate of drug-likeness (QED) is 0.196. The van der Waals surface area contributed by atoms with Crippen molar-refractivity contribution in [2.75, 3.05) is 4.90 Å². The van der Waals surface area contributed by atoms with Crippen LogP contribution < -0.4 is 4.90 Å². The summed E-state index contributed by atoms with van der Waals surface area (Å²) >= 11 is 1.62. The van der Waals surface area contributed by atoms with Crippen molar-refractivity contribution in [2.45, 2.75) is 70.9 Å². The topological polar surface area (TPSA) is 70.6 Å². The second-order valence-corrected chi connectivity index (χ2v) is 12.1. The van der Waals surface area contributed by atoms with E-state index >= 15 is 0 Å². The van der Waals surface area contributed by atoms with Crippen LogP contribution in [0, 0.1) is 13.8 Å². The van der Waals surface area contributed by atoms with E-state index in [1.165, 1.54) is 10.5 Å². The van der Waals surface area contributed by atoms with Gasteiger partial charge in [0.1, 0.15) is 11.0 Å². The SMILES string of the molecule is Cc1cccc(C(=O)N(C2CCCCCC2)C2CC(=O)N(c3ccc(-c4nc5ccc(C)cc5s4)cc3)C2=O)c1. The highest BCUT2D eigenvalue weighted by Gasteiger charge is 2.46. The molecule has 1 aliphatic carbocycles. The fourth-order valence-corrected chi connectivity index (χ4v) is 7.11. The number of aromatic nitrogens is 1. The number of aryl methyl sites for hydroxylation is 2. The lowest BCUT2D eigenvalue weighted by molar-refractivity contribution is -0.123. The van der Waals surface area contributed by atoms with Crippen LogP contribution in [0.1, 0.15) is 66.4 Å². The van der Waals surface area contributed by atoms with Gasteiger partial charge in [0.15, 0.2) is 0 Å². The molecule has 1 unspecified atom stereocenters. The summed E-state index contributed by atoms with van der Waals surface area (Å²) in [5, 5.41) is 0.896. The van der Waals surface area contributed by atoms with Gasteiger partial charge in [0.05, 0.1) is 22.3 Å². The minimum absolute atomic E-state index is 0.00581. The summed E-state index contributed by atoms with van der Waals surface area (Å²) in [6.45, 7) is 4.02. The average molecular weight is 552 g/mol. The number of hydrogen-bond donors (Lipinski definition) is 0. The number of nitrogens with zero attached hydrogens (tertiary/aromatic N) is 3. The zero-order chi connectivity index (χ0) is 27.8. The lowest BCUT2D eigenvalue weighted by atomic mass is 10.0. The molecular formula is C33H33N3O3S. The first kappa shape index (κ1) is 26.4. The predicted octanol–water partition coefficient (Wildman–Crippen LogP) is 7.08. The van der Waals surface area contributed by atoms with Crippen molar-refractivity contribution in [3.8, 4) is 10.6 Å². The molecule has 2 heterocycles. The zero-order valence-electron chi connectivity index (χ0n) is 22.9. The Kier molecular flexibility index (Phi) is 7.24. The normalized spacial score (nSPS) is 18.4. The van der Waals surface area contributed by atoms with Gasteiger partial charge in [0.25, 0.3) is 11.8 Å². The Bertz CT molecular complexity index is 1580. The Hall–Kier alpha value is -3.84. The van der Waals surface area contributed by atoms with E-state index in [9.17, 15) is 14.4 Å². The minimum Gasteiger partial charge on any atom is -0.323 e. The standard InChI is InChI=1S/C33H33N3O3S/c1-21-8-7-9-24(18-21)32(38)35(25-10-5-3-4-6-11-25)28-20-30(37)36(33(28)39)26-15-13-23(14-16-26)31-34-27-17-12-22(2)19-29(27)40-31/h7-9,12-19,25,28H,3-6,10-11,20H2,1-2H3. The highest BCUT2D eigenvalue weighted by atomic mass is 32.1. The van der Waals surface area contributed by atoms with Gasteiger partial charge in [0, 0.05) is 17.2 Å². The van der Waals surface area contributed by atoms with Gasteiger partial charge < -0.3 is 4.90 Å². The van der Waals surface area contributed by atoms with Gasteiger partial charge in [-0.3, -0.25) is 14.4 Å². The number of thiazole rings is 1. The molecule has 6 nitrogen and oxygen atoms in total. The summed E-state index contributed by atoms with van der Waals surface area (Å²) in [7, 11) is 0. The number of rotatable bonds is 5. The highest BCUT2D eigenvalue weighted by Crippen LogP contribution is 2.35. The Morgan fingerprint density at radius 2 is 1.62 bits per heavy atom. The third-order valence-electron chi connectivity index (χ3n) is 8.09. The first-order valence-electron chi connectivity index (χ1n) is 14.1. The summed E-state index contributed by atoms with van der Waals surface area (Å²) in [4.78, 5) is 48.9. The van der Waals surface area contributed by atoms with Crippen molar-refractivity contribution >= 4 is 45.0 Å². The maximum absolute atomic E-state index is 13.9. The van der Waals surface area contributed by atoms with Gasteiger partial charge in [-0.05, 0) is 80.8 Å². The lowest BCUT2D eigenvalue weighted by Gasteiger charge is -2.35. The molecular weight excluding hydrogens is 518 g/mol. The molecule has 1 aromatic heterocycles. The number of carbonyl (C=O) groups is 3. The summed E-state index contributed by atoms with van der Waals surface area (Å²) in [6.07, 6.45) is 6.02. The summed E-state index contributed by atoms with van der Waals surface area (Å²) < 4.78 is 1.13. The van der Waals surface area contributed by atoms with Crippen molar-refractivity contribution in [2.24, 2.45) is 0 Å². The molecule has 2 fully saturated rings. The van der Waals surface area contributed by atoms with Crippen LogP contribution in [0.25, 0.3) is 20.8 Å². The summed E-state index contributed by atoms with van der Waals surface area (Å²) in [6, 6.07) is 20.3. The Morgan fingerprint density at radius 1 is 0.900 bits per heavy atom. The second-order valence-electron chi connectivity index (χ2n) is 11.1. The Labute approximate surface area is 238 Å². The zero-order valence-corrected chi connectivity index (χ0v) is 23.7. The van der Waals surface area contributed by atoms with Crippen molar-refractivity contribution < 1.29 is 14.4 Å². The van der Waals surface area contributed by atoms with Gasteiger partial charge in [-0.15, -0.1) is 11.3 Å². The third kappa shape index (κ3) is 5.06. The molecule has 7 heteroatoms. The van der Waals surface area contributed by atoms with E-state index in [1.54, 1.807) is 22.3 Å². The lowest BCUT2D eigenvalue weighted by Crippen LogP contribution is -2.50. The molecule has 1 saturated carbocycles. The van der Waals surface area contributed by atoms with Gasteiger partial charge in [-0.2, -0.15) is 0 Å². The first-order valence-corrected chi connectivity index (χ1v) is 14.9. The van der Waals surface area contributed by atoms with Gasteiger partial charge >= 0.3 is 0 Å². The molecule has 3 amide bonds. The fraction of sp³-hybridized carbons (Fsp3) is 0.333. The van der Waals surface area contributed by atoms with E-state index in [1.807, 2.05) is 55.5 Å². The third-order valence-corrected chi connectivity index (χ3v) is 9.16. The Balaban J connectivity index is 1.29. The van der Waals surface area contributed by atoms with Crippen LogP contribution in [0.4, 0.5) is 5.69 Å². The van der Waals surface area contributed by atoms with E-state index in [4.69, 9.17) is 4.98 Å². The molecule has 0 radical (unpaired) electrons. The van der Waals surface area contributed by atoms with Gasteiger partial charge in [-0.1, -0.05) is 49.4 Å². The molecule has 40 heavy (non-hydrogen) atoms. The monoisotopic (exact) mass is 551 g/mol. The molecule has 4 aromatic rings. The molecule has 0 spiro atoms. The van der Waals surface area contributed by atoms with Crippen LogP contribution in [-0.2, 0) is 9.59 Å². The van der Waals surface area contributed by atoms with Crippen LogP contribution in [0.15, 0.2) is 66.7 Å². The molecule has 1 aliphatic heterocycles. The molecule has 2 aliphatic rings. The second kappa shape index (κ2) is 11.0. The van der Waals surface area contributed by atoms with Crippen molar-refractivity contribution in [1.29, 1.82) is 0 Å². The number of fused-ring (bicyclic) bond motifs is 1. The van der Waals surface area contributed by atoms with Crippen molar-refractivity contribution in [1.82, 2.24) is 9.88 Å². The number of amides is 3. The molecule has 3 aromatic carbocycles. The number of hydrogen-bond acceptors (Lipinski definition) is 5. The van der Waals surface area contributed by atoms with Crippen molar-refractivity contribution in [3.05, 3.63) is 83.4 Å². The van der Waals surface area contributed by atoms with Crippen molar-refractivity contribution in [3.63, 3.8) is 0 Å². The maximum atomic E-state index is 13.9. The predicted molar refractivity (Wildman–Crippen MR) is 160 cm³/mol. The maximum Gasteiger partial charge on any atom is 0.257 e. The van der Waals surface area contributed by atoms with E-state index in [-0.39, 0.29) is 30.2 Å². The van der Waals surface area contributed by atoms with E-state index in [2.05, 4.69) is 19.1 Å². The number of carbonyl (C=O) groups excluding carboxylic acids is 3. The minimum atomic E-state index is -0.796. The van der Waals surface area contributed by atoms with Crippen LogP contribution in [0.2, 0.25) is 0 Å². The molecule has 204 valence electrons.